The van der Waals surface area contributed by atoms with E-state index in [-0.39, 0.29) is 17.8 Å². The Kier molecular flexibility index (Phi) is 3.96. The zero-order valence-electron chi connectivity index (χ0n) is 10.8. The molecule has 100 valence electrons. The molecule has 1 heterocycles. The smallest absolute Gasteiger partial charge is 0.239 e. The van der Waals surface area contributed by atoms with Crippen LogP contribution in [-0.4, -0.2) is 16.0 Å². The maximum absolute atomic E-state index is 13.6. The standard InChI is InChI=1S/C12H20FN5/c1-7-4-3-5-10(8(7)2)16-11-9(13)6-15-12(17-11)18-14/h6-8,10H,3-5,14H2,1-2H3,(H2,15,16,17,18). The van der Waals surface area contributed by atoms with E-state index in [1.165, 1.54) is 6.42 Å². The topological polar surface area (TPSA) is 75.9 Å². The highest BCUT2D eigenvalue weighted by Gasteiger charge is 2.27. The summed E-state index contributed by atoms with van der Waals surface area (Å²) in [5, 5.41) is 3.18. The summed E-state index contributed by atoms with van der Waals surface area (Å²) in [5.74, 6) is 6.37. The van der Waals surface area contributed by atoms with E-state index >= 15 is 0 Å². The first-order valence-electron chi connectivity index (χ1n) is 6.37. The minimum Gasteiger partial charge on any atom is -0.364 e. The minimum atomic E-state index is -0.445. The molecule has 0 radical (unpaired) electrons. The van der Waals surface area contributed by atoms with E-state index in [0.29, 0.717) is 11.8 Å². The Morgan fingerprint density at radius 2 is 2.17 bits per heavy atom. The molecule has 1 saturated carbocycles. The summed E-state index contributed by atoms with van der Waals surface area (Å²) in [6.07, 6.45) is 4.57. The lowest BCUT2D eigenvalue weighted by atomic mass is 9.78. The molecule has 3 unspecified atom stereocenters. The third-order valence-corrected chi connectivity index (χ3v) is 3.90. The second-order valence-electron chi connectivity index (χ2n) is 5.05. The zero-order chi connectivity index (χ0) is 13.1. The normalized spacial score (nSPS) is 27.9. The number of hydrazine groups is 1. The van der Waals surface area contributed by atoms with E-state index in [2.05, 4.69) is 34.6 Å². The molecule has 0 aliphatic heterocycles. The molecule has 4 N–H and O–H groups in total. The molecule has 1 aromatic rings. The van der Waals surface area contributed by atoms with Crippen LogP contribution in [0, 0.1) is 17.7 Å². The third-order valence-electron chi connectivity index (χ3n) is 3.90. The summed E-state index contributed by atoms with van der Waals surface area (Å²) in [6.45, 7) is 4.43. The Labute approximate surface area is 106 Å². The van der Waals surface area contributed by atoms with Gasteiger partial charge >= 0.3 is 0 Å². The van der Waals surface area contributed by atoms with Crippen molar-refractivity contribution in [3.05, 3.63) is 12.0 Å². The quantitative estimate of drug-likeness (QED) is 0.568. The summed E-state index contributed by atoms with van der Waals surface area (Å²) in [5.41, 5.74) is 2.32. The maximum Gasteiger partial charge on any atom is 0.239 e. The van der Waals surface area contributed by atoms with Crippen LogP contribution in [0.3, 0.4) is 0 Å². The van der Waals surface area contributed by atoms with E-state index < -0.39 is 5.82 Å². The molecule has 0 aromatic carbocycles. The van der Waals surface area contributed by atoms with Gasteiger partial charge in [0.2, 0.25) is 5.95 Å². The van der Waals surface area contributed by atoms with Gasteiger partial charge in [-0.2, -0.15) is 4.98 Å². The Morgan fingerprint density at radius 1 is 1.39 bits per heavy atom. The molecule has 6 heteroatoms. The predicted molar refractivity (Wildman–Crippen MR) is 69.4 cm³/mol. The number of nitrogens with one attached hydrogen (secondary N) is 2. The predicted octanol–water partition coefficient (Wildman–Crippen LogP) is 2.14. The number of hydrogen-bond donors (Lipinski definition) is 3. The van der Waals surface area contributed by atoms with Crippen molar-refractivity contribution in [2.75, 3.05) is 10.7 Å². The number of hydrogen-bond acceptors (Lipinski definition) is 5. The highest BCUT2D eigenvalue weighted by molar-refractivity contribution is 5.41. The second-order valence-corrected chi connectivity index (χ2v) is 5.05. The van der Waals surface area contributed by atoms with Gasteiger partial charge in [-0.05, 0) is 18.3 Å². The van der Waals surface area contributed by atoms with Crippen molar-refractivity contribution in [2.45, 2.75) is 39.2 Å². The van der Waals surface area contributed by atoms with Crippen molar-refractivity contribution < 1.29 is 4.39 Å². The first kappa shape index (κ1) is 13.0. The van der Waals surface area contributed by atoms with Crippen LogP contribution in [-0.2, 0) is 0 Å². The van der Waals surface area contributed by atoms with Crippen molar-refractivity contribution in [1.82, 2.24) is 9.97 Å². The van der Waals surface area contributed by atoms with Gasteiger partial charge in [0.1, 0.15) is 0 Å². The first-order chi connectivity index (χ1) is 8.61. The molecule has 18 heavy (non-hydrogen) atoms. The SMILES string of the molecule is CC1CCCC(Nc2nc(NN)ncc2F)C1C. The summed E-state index contributed by atoms with van der Waals surface area (Å²) < 4.78 is 13.6. The molecule has 3 atom stereocenters. The Hall–Kier alpha value is -1.43. The monoisotopic (exact) mass is 253 g/mol. The fraction of sp³-hybridized carbons (Fsp3) is 0.667. The lowest BCUT2D eigenvalue weighted by Gasteiger charge is -2.34. The van der Waals surface area contributed by atoms with Gasteiger partial charge in [-0.1, -0.05) is 26.7 Å². The summed E-state index contributed by atoms with van der Waals surface area (Å²) >= 11 is 0. The molecule has 1 aliphatic carbocycles. The van der Waals surface area contributed by atoms with Crippen molar-refractivity contribution in [3.8, 4) is 0 Å². The van der Waals surface area contributed by atoms with Gasteiger partial charge in [0, 0.05) is 6.04 Å². The number of halogens is 1. The van der Waals surface area contributed by atoms with Crippen LogP contribution in [0.15, 0.2) is 6.20 Å². The van der Waals surface area contributed by atoms with Crippen LogP contribution >= 0.6 is 0 Å². The molecule has 2 rings (SSSR count). The molecule has 1 aromatic heterocycles. The lowest BCUT2D eigenvalue weighted by Crippen LogP contribution is -2.35. The van der Waals surface area contributed by atoms with Crippen LogP contribution in [0.4, 0.5) is 16.2 Å². The van der Waals surface area contributed by atoms with Crippen LogP contribution < -0.4 is 16.6 Å². The van der Waals surface area contributed by atoms with E-state index in [1.807, 2.05) is 0 Å². The molecule has 5 nitrogen and oxygen atoms in total. The van der Waals surface area contributed by atoms with Crippen LogP contribution in [0.2, 0.25) is 0 Å². The molecular formula is C12H20FN5. The fourth-order valence-electron chi connectivity index (χ4n) is 2.50. The van der Waals surface area contributed by atoms with Gasteiger partial charge in [-0.3, -0.25) is 5.43 Å². The maximum atomic E-state index is 13.6. The van der Waals surface area contributed by atoms with Gasteiger partial charge in [-0.15, -0.1) is 0 Å². The molecule has 0 spiro atoms. The third kappa shape index (κ3) is 2.69. The molecule has 0 bridgehead atoms. The molecular weight excluding hydrogens is 233 g/mol. The van der Waals surface area contributed by atoms with Crippen LogP contribution in [0.1, 0.15) is 33.1 Å². The highest BCUT2D eigenvalue weighted by Crippen LogP contribution is 2.31. The van der Waals surface area contributed by atoms with Crippen molar-refractivity contribution in [3.63, 3.8) is 0 Å². The van der Waals surface area contributed by atoms with Crippen LogP contribution in [0.5, 0.6) is 0 Å². The summed E-state index contributed by atoms with van der Waals surface area (Å²) in [4.78, 5) is 7.73. The van der Waals surface area contributed by atoms with Gasteiger partial charge < -0.3 is 5.32 Å². The molecule has 1 aliphatic rings. The molecule has 1 fully saturated rings. The van der Waals surface area contributed by atoms with Gasteiger partial charge in [-0.25, -0.2) is 15.2 Å². The molecule has 0 amide bonds. The summed E-state index contributed by atoms with van der Waals surface area (Å²) in [7, 11) is 0. The van der Waals surface area contributed by atoms with Gasteiger partial charge in [0.15, 0.2) is 11.6 Å². The largest absolute Gasteiger partial charge is 0.364 e. The van der Waals surface area contributed by atoms with Gasteiger partial charge in [0.25, 0.3) is 0 Å². The minimum absolute atomic E-state index is 0.218. The van der Waals surface area contributed by atoms with Gasteiger partial charge in [0.05, 0.1) is 6.20 Å². The second kappa shape index (κ2) is 5.48. The zero-order valence-corrected chi connectivity index (χ0v) is 10.8. The Bertz CT molecular complexity index is 411. The van der Waals surface area contributed by atoms with E-state index in [9.17, 15) is 4.39 Å². The van der Waals surface area contributed by atoms with Crippen molar-refractivity contribution in [1.29, 1.82) is 0 Å². The number of nitrogens with two attached hydrogens (primary N) is 1. The van der Waals surface area contributed by atoms with Crippen molar-refractivity contribution in [2.24, 2.45) is 17.7 Å². The number of rotatable bonds is 3. The average molecular weight is 253 g/mol. The Morgan fingerprint density at radius 3 is 2.89 bits per heavy atom. The fourth-order valence-corrected chi connectivity index (χ4v) is 2.50. The van der Waals surface area contributed by atoms with E-state index in [4.69, 9.17) is 5.84 Å². The van der Waals surface area contributed by atoms with E-state index in [1.54, 1.807) is 0 Å². The number of nitrogens with zero attached hydrogens (tertiary/aromatic N) is 2. The molecule has 0 saturated heterocycles. The summed E-state index contributed by atoms with van der Waals surface area (Å²) in [6, 6.07) is 0.253. The number of anilines is 2. The number of aromatic nitrogens is 2. The van der Waals surface area contributed by atoms with Crippen LogP contribution in [0.25, 0.3) is 0 Å². The lowest BCUT2D eigenvalue weighted by molar-refractivity contribution is 0.252. The van der Waals surface area contributed by atoms with E-state index in [0.717, 1.165) is 19.0 Å². The number of nitrogen functional groups attached to an aromatic ring is 1. The average Bonchev–Trinajstić information content (AvgIpc) is 2.37. The first-order valence-corrected chi connectivity index (χ1v) is 6.37. The van der Waals surface area contributed by atoms with Crippen molar-refractivity contribution >= 4 is 11.8 Å². The highest BCUT2D eigenvalue weighted by atomic mass is 19.1. The Balaban J connectivity index is 2.12.